The molecule has 1 amide bonds. The molecule has 3 heterocycles. The van der Waals surface area contributed by atoms with Crippen LogP contribution in [0, 0.1) is 6.92 Å². The smallest absolute Gasteiger partial charge is 0.444 e. The van der Waals surface area contributed by atoms with Crippen molar-refractivity contribution in [3.8, 4) is 11.4 Å². The fourth-order valence-corrected chi connectivity index (χ4v) is 3.91. The summed E-state index contributed by atoms with van der Waals surface area (Å²) in [4.78, 5) is 18.3. The van der Waals surface area contributed by atoms with Crippen molar-refractivity contribution < 1.29 is 32.5 Å². The molecule has 1 aliphatic heterocycles. The SMILES string of the molecule is Cc1cc(OC(F)(F)F)ccc1-n1nc(C2CN(C(=O)OC(C)(C)C)C2)c2c(CO)ccnc21. The number of halogens is 3. The van der Waals surface area contributed by atoms with Crippen molar-refractivity contribution in [2.45, 2.75) is 52.2 Å². The zero-order valence-corrected chi connectivity index (χ0v) is 19.2. The highest BCUT2D eigenvalue weighted by Crippen LogP contribution is 2.36. The van der Waals surface area contributed by atoms with Crippen LogP contribution in [-0.4, -0.2) is 55.9 Å². The van der Waals surface area contributed by atoms with Gasteiger partial charge in [0, 0.05) is 30.6 Å². The third-order valence-corrected chi connectivity index (χ3v) is 5.40. The van der Waals surface area contributed by atoms with Gasteiger partial charge in [-0.1, -0.05) is 0 Å². The Bertz CT molecular complexity index is 1230. The van der Waals surface area contributed by atoms with Crippen LogP contribution >= 0.6 is 0 Å². The molecular formula is C23H25F3N4O4. The topological polar surface area (TPSA) is 89.7 Å². The molecule has 0 radical (unpaired) electrons. The highest BCUT2D eigenvalue weighted by molar-refractivity contribution is 5.85. The molecule has 1 fully saturated rings. The number of aromatic nitrogens is 3. The van der Waals surface area contributed by atoms with Gasteiger partial charge in [-0.25, -0.2) is 14.5 Å². The van der Waals surface area contributed by atoms with Crippen LogP contribution in [0.5, 0.6) is 5.75 Å². The molecule has 0 spiro atoms. The maximum Gasteiger partial charge on any atom is 0.573 e. The minimum atomic E-state index is -4.79. The van der Waals surface area contributed by atoms with Gasteiger partial charge in [-0.2, -0.15) is 5.10 Å². The molecule has 3 aromatic rings. The van der Waals surface area contributed by atoms with E-state index in [-0.39, 0.29) is 18.3 Å². The fraction of sp³-hybridized carbons (Fsp3) is 0.435. The first-order valence-electron chi connectivity index (χ1n) is 10.7. The summed E-state index contributed by atoms with van der Waals surface area (Å²) in [7, 11) is 0. The van der Waals surface area contributed by atoms with Crippen molar-refractivity contribution in [3.63, 3.8) is 0 Å². The minimum absolute atomic E-state index is 0.112. The molecule has 0 bridgehead atoms. The predicted octanol–water partition coefficient (Wildman–Crippen LogP) is 4.45. The van der Waals surface area contributed by atoms with E-state index in [1.165, 1.54) is 18.2 Å². The zero-order chi connectivity index (χ0) is 24.8. The lowest BCUT2D eigenvalue weighted by molar-refractivity contribution is -0.274. The summed E-state index contributed by atoms with van der Waals surface area (Å²) in [6, 6.07) is 5.66. The van der Waals surface area contributed by atoms with Crippen LogP contribution in [0.1, 0.15) is 43.5 Å². The maximum atomic E-state index is 12.6. The summed E-state index contributed by atoms with van der Waals surface area (Å²) in [5.41, 5.74) is 2.15. The molecule has 11 heteroatoms. The number of hydrogen-bond acceptors (Lipinski definition) is 6. The molecule has 0 saturated carbocycles. The summed E-state index contributed by atoms with van der Waals surface area (Å²) in [6.45, 7) is 7.57. The van der Waals surface area contributed by atoms with E-state index in [4.69, 9.17) is 9.84 Å². The first-order chi connectivity index (χ1) is 15.9. The predicted molar refractivity (Wildman–Crippen MR) is 117 cm³/mol. The van der Waals surface area contributed by atoms with Gasteiger partial charge >= 0.3 is 12.5 Å². The van der Waals surface area contributed by atoms with Gasteiger partial charge in [-0.05, 0) is 63.1 Å². The summed E-state index contributed by atoms with van der Waals surface area (Å²) < 4.78 is 48.8. The maximum absolute atomic E-state index is 12.6. The molecule has 0 unspecified atom stereocenters. The van der Waals surface area contributed by atoms with E-state index >= 15 is 0 Å². The van der Waals surface area contributed by atoms with Crippen LogP contribution in [0.15, 0.2) is 30.5 Å². The van der Waals surface area contributed by atoms with Gasteiger partial charge in [0.2, 0.25) is 0 Å². The number of rotatable bonds is 4. The lowest BCUT2D eigenvalue weighted by atomic mass is 9.93. The molecule has 8 nitrogen and oxygen atoms in total. The monoisotopic (exact) mass is 478 g/mol. The van der Waals surface area contributed by atoms with Crippen molar-refractivity contribution in [2.24, 2.45) is 0 Å². The van der Waals surface area contributed by atoms with E-state index in [2.05, 4.69) is 9.72 Å². The van der Waals surface area contributed by atoms with Crippen LogP contribution in [0.25, 0.3) is 16.7 Å². The van der Waals surface area contributed by atoms with Crippen molar-refractivity contribution in [2.75, 3.05) is 13.1 Å². The third-order valence-electron chi connectivity index (χ3n) is 5.40. The molecule has 182 valence electrons. The molecular weight excluding hydrogens is 453 g/mol. The number of pyridine rings is 1. The summed E-state index contributed by atoms with van der Waals surface area (Å²) >= 11 is 0. The van der Waals surface area contributed by atoms with E-state index in [1.54, 1.807) is 49.5 Å². The van der Waals surface area contributed by atoms with Crippen molar-refractivity contribution in [3.05, 3.63) is 47.3 Å². The number of fused-ring (bicyclic) bond motifs is 1. The number of aliphatic hydroxyl groups excluding tert-OH is 1. The molecule has 34 heavy (non-hydrogen) atoms. The normalized spacial score (nSPS) is 14.9. The summed E-state index contributed by atoms with van der Waals surface area (Å²) in [5, 5.41) is 15.3. The number of hydrogen-bond donors (Lipinski definition) is 1. The molecule has 1 N–H and O–H groups in total. The average Bonchev–Trinajstić information content (AvgIpc) is 3.03. The van der Waals surface area contributed by atoms with E-state index in [1.807, 2.05) is 0 Å². The number of ether oxygens (including phenoxy) is 2. The van der Waals surface area contributed by atoms with Crippen LogP contribution in [0.2, 0.25) is 0 Å². The van der Waals surface area contributed by atoms with E-state index in [9.17, 15) is 23.1 Å². The van der Waals surface area contributed by atoms with Crippen LogP contribution < -0.4 is 4.74 Å². The van der Waals surface area contributed by atoms with Gasteiger partial charge in [0.05, 0.1) is 18.0 Å². The molecule has 1 aliphatic rings. The lowest BCUT2D eigenvalue weighted by Crippen LogP contribution is -2.50. The van der Waals surface area contributed by atoms with Gasteiger partial charge in [-0.15, -0.1) is 13.2 Å². The minimum Gasteiger partial charge on any atom is -0.444 e. The number of benzene rings is 1. The Kier molecular flexibility index (Phi) is 5.92. The number of likely N-dealkylation sites (tertiary alicyclic amines) is 1. The Morgan fingerprint density at radius 2 is 1.91 bits per heavy atom. The summed E-state index contributed by atoms with van der Waals surface area (Å²) in [6.07, 6.45) is -3.66. The molecule has 0 atom stereocenters. The number of carbonyl (C=O) groups excluding carboxylic acids is 1. The van der Waals surface area contributed by atoms with E-state index < -0.39 is 18.1 Å². The lowest BCUT2D eigenvalue weighted by Gasteiger charge is -2.39. The second-order valence-corrected chi connectivity index (χ2v) is 9.20. The molecule has 4 rings (SSSR count). The van der Waals surface area contributed by atoms with Gasteiger partial charge in [0.15, 0.2) is 5.65 Å². The Morgan fingerprint density at radius 1 is 1.21 bits per heavy atom. The standard InChI is InChI=1S/C23H25F3N4O4/c1-13-9-16(33-23(24,25)26)5-6-17(13)30-20-18(14(12-31)7-8-27-20)19(28-30)15-10-29(11-15)21(32)34-22(2,3)4/h5-9,15,31H,10-12H2,1-4H3. The van der Waals surface area contributed by atoms with Crippen molar-refractivity contribution in [1.29, 1.82) is 0 Å². The highest BCUT2D eigenvalue weighted by atomic mass is 19.4. The first kappa shape index (κ1) is 23.8. The molecule has 1 saturated heterocycles. The van der Waals surface area contributed by atoms with Gasteiger partial charge in [0.25, 0.3) is 0 Å². The zero-order valence-electron chi connectivity index (χ0n) is 19.2. The fourth-order valence-electron chi connectivity index (χ4n) is 3.91. The number of carbonyl (C=O) groups is 1. The third kappa shape index (κ3) is 4.79. The van der Waals surface area contributed by atoms with Crippen LogP contribution in [0.3, 0.4) is 0 Å². The second kappa shape index (κ2) is 8.46. The number of amides is 1. The summed E-state index contributed by atoms with van der Waals surface area (Å²) in [5.74, 6) is -0.444. The molecule has 2 aromatic heterocycles. The Hall–Kier alpha value is -3.34. The molecule has 1 aromatic carbocycles. The van der Waals surface area contributed by atoms with Gasteiger partial charge < -0.3 is 19.5 Å². The van der Waals surface area contributed by atoms with Crippen LogP contribution in [0.4, 0.5) is 18.0 Å². The van der Waals surface area contributed by atoms with Crippen molar-refractivity contribution in [1.82, 2.24) is 19.7 Å². The number of nitrogens with zero attached hydrogens (tertiary/aromatic N) is 4. The van der Waals surface area contributed by atoms with Gasteiger partial charge in [0.1, 0.15) is 11.4 Å². The number of alkyl halides is 3. The molecule has 0 aliphatic carbocycles. The highest BCUT2D eigenvalue weighted by Gasteiger charge is 2.38. The number of aryl methyl sites for hydroxylation is 1. The first-order valence-corrected chi connectivity index (χ1v) is 10.7. The average molecular weight is 478 g/mol. The quantitative estimate of drug-likeness (QED) is 0.596. The largest absolute Gasteiger partial charge is 0.573 e. The Labute approximate surface area is 193 Å². The Balaban J connectivity index is 1.69. The number of aliphatic hydroxyl groups is 1. The van der Waals surface area contributed by atoms with Gasteiger partial charge in [-0.3, -0.25) is 0 Å². The van der Waals surface area contributed by atoms with E-state index in [0.717, 1.165) is 0 Å². The van der Waals surface area contributed by atoms with Crippen LogP contribution in [-0.2, 0) is 11.3 Å². The van der Waals surface area contributed by atoms with E-state index in [0.29, 0.717) is 46.6 Å². The van der Waals surface area contributed by atoms with Crippen molar-refractivity contribution >= 4 is 17.1 Å². The Morgan fingerprint density at radius 3 is 2.50 bits per heavy atom. The second-order valence-electron chi connectivity index (χ2n) is 9.20.